The van der Waals surface area contributed by atoms with Gasteiger partial charge in [-0.1, -0.05) is 0 Å². The summed E-state index contributed by atoms with van der Waals surface area (Å²) in [5.41, 5.74) is 0.668. The van der Waals surface area contributed by atoms with Crippen LogP contribution in [0.3, 0.4) is 0 Å². The normalized spacial score (nSPS) is 12.0. The molecule has 0 heterocycles. The molecular formula is C15H11I4NO4. The number of phenols is 1. The van der Waals surface area contributed by atoms with Gasteiger partial charge in [0.1, 0.15) is 17.5 Å². The van der Waals surface area contributed by atoms with E-state index in [9.17, 15) is 15.0 Å². The molecule has 0 radical (unpaired) electrons. The van der Waals surface area contributed by atoms with Gasteiger partial charge < -0.3 is 20.3 Å². The van der Waals surface area contributed by atoms with Crippen LogP contribution < -0.4 is 10.1 Å². The van der Waals surface area contributed by atoms with Crippen molar-refractivity contribution in [3.8, 4) is 17.2 Å². The Morgan fingerprint density at radius 1 is 1.04 bits per heavy atom. The molecule has 0 bridgehead atoms. The average Bonchev–Trinajstić information content (AvgIpc) is 2.48. The summed E-state index contributed by atoms with van der Waals surface area (Å²) in [6, 6.07) is 6.34. The molecule has 0 aromatic heterocycles. The van der Waals surface area contributed by atoms with E-state index >= 15 is 0 Å². The van der Waals surface area contributed by atoms with Crippen LogP contribution in [-0.4, -0.2) is 23.2 Å². The lowest BCUT2D eigenvalue weighted by Gasteiger charge is -2.16. The Morgan fingerprint density at radius 3 is 1.96 bits per heavy atom. The third-order valence-electron chi connectivity index (χ3n) is 3.10. The first-order chi connectivity index (χ1) is 11.2. The predicted octanol–water partition coefficient (Wildman–Crippen LogP) is 4.95. The number of hydrogen-bond donors (Lipinski definition) is 3. The van der Waals surface area contributed by atoms with Crippen LogP contribution in [0.25, 0.3) is 0 Å². The molecule has 0 spiro atoms. The van der Waals surface area contributed by atoms with Gasteiger partial charge in [-0.05, 0) is 127 Å². The number of benzene rings is 2. The molecule has 3 N–H and O–H groups in total. The molecule has 0 aliphatic heterocycles. The van der Waals surface area contributed by atoms with E-state index in [1.54, 1.807) is 31.3 Å². The van der Waals surface area contributed by atoms with Crippen LogP contribution >= 0.6 is 90.4 Å². The van der Waals surface area contributed by atoms with Gasteiger partial charge in [-0.25, -0.2) is 0 Å². The van der Waals surface area contributed by atoms with Crippen LogP contribution in [0.1, 0.15) is 11.6 Å². The van der Waals surface area contributed by atoms with E-state index < -0.39 is 12.0 Å². The second-order valence-corrected chi connectivity index (χ2v) is 9.36. The lowest BCUT2D eigenvalue weighted by Crippen LogP contribution is -2.25. The average molecular weight is 777 g/mol. The fourth-order valence-corrected chi connectivity index (χ4v) is 5.74. The Hall–Kier alpha value is 0.390. The van der Waals surface area contributed by atoms with E-state index in [-0.39, 0.29) is 5.75 Å². The van der Waals surface area contributed by atoms with Crippen molar-refractivity contribution in [3.05, 3.63) is 44.1 Å². The fraction of sp³-hybridized carbons (Fsp3) is 0.133. The van der Waals surface area contributed by atoms with Crippen LogP contribution in [0.4, 0.5) is 0 Å². The van der Waals surface area contributed by atoms with Crippen molar-refractivity contribution in [2.75, 3.05) is 7.05 Å². The molecule has 0 aliphatic carbocycles. The number of likely N-dealkylation sites (N-methyl/N-ethyl adjacent to an activating group) is 1. The van der Waals surface area contributed by atoms with Gasteiger partial charge in [0.15, 0.2) is 5.75 Å². The van der Waals surface area contributed by atoms with Crippen molar-refractivity contribution in [3.63, 3.8) is 0 Å². The largest absolute Gasteiger partial charge is 0.506 e. The Balaban J connectivity index is 2.41. The molecule has 128 valence electrons. The third-order valence-corrected chi connectivity index (χ3v) is 6.35. The molecular weight excluding hydrogens is 766 g/mol. The Bertz CT molecular complexity index is 751. The molecule has 24 heavy (non-hydrogen) atoms. The summed E-state index contributed by atoms with van der Waals surface area (Å²) >= 11 is 8.36. The topological polar surface area (TPSA) is 78.8 Å². The molecule has 2 aromatic carbocycles. The van der Waals surface area contributed by atoms with Crippen LogP contribution in [0.15, 0.2) is 24.3 Å². The molecule has 0 saturated heterocycles. The highest BCUT2D eigenvalue weighted by molar-refractivity contribution is 14.1. The number of aliphatic carboxylic acids is 1. The van der Waals surface area contributed by atoms with Gasteiger partial charge in [0.05, 0.1) is 14.3 Å². The molecule has 0 fully saturated rings. The first kappa shape index (κ1) is 20.7. The second kappa shape index (κ2) is 8.85. The maximum atomic E-state index is 11.3. The van der Waals surface area contributed by atoms with E-state index in [1.807, 2.05) is 45.2 Å². The van der Waals surface area contributed by atoms with Gasteiger partial charge in [-0.2, -0.15) is 0 Å². The summed E-state index contributed by atoms with van der Waals surface area (Å²) in [5.74, 6) is 0.591. The summed E-state index contributed by atoms with van der Waals surface area (Å²) in [7, 11) is 1.61. The summed E-state index contributed by atoms with van der Waals surface area (Å²) < 4.78 is 9.02. The number of hydrogen-bond acceptors (Lipinski definition) is 4. The molecule has 1 unspecified atom stereocenters. The van der Waals surface area contributed by atoms with Crippen molar-refractivity contribution in [2.24, 2.45) is 0 Å². The number of aromatic hydroxyl groups is 1. The van der Waals surface area contributed by atoms with E-state index in [1.165, 1.54) is 0 Å². The quantitative estimate of drug-likeness (QED) is 0.375. The molecule has 5 nitrogen and oxygen atoms in total. The Morgan fingerprint density at radius 2 is 1.54 bits per heavy atom. The monoisotopic (exact) mass is 777 g/mol. The summed E-state index contributed by atoms with van der Waals surface area (Å²) in [6.07, 6.45) is 0. The minimum Gasteiger partial charge on any atom is -0.506 e. The zero-order valence-electron chi connectivity index (χ0n) is 12.1. The zero-order chi connectivity index (χ0) is 18.0. The van der Waals surface area contributed by atoms with Crippen molar-refractivity contribution in [2.45, 2.75) is 6.04 Å². The third kappa shape index (κ3) is 4.76. The van der Waals surface area contributed by atoms with Crippen LogP contribution in [0.5, 0.6) is 17.2 Å². The second-order valence-electron chi connectivity index (χ2n) is 4.71. The first-order valence-electron chi connectivity index (χ1n) is 6.49. The molecule has 9 heteroatoms. The molecule has 0 aliphatic rings. The van der Waals surface area contributed by atoms with Gasteiger partial charge in [-0.3, -0.25) is 4.79 Å². The van der Waals surface area contributed by atoms with E-state index in [2.05, 4.69) is 50.5 Å². The van der Waals surface area contributed by atoms with E-state index in [0.717, 1.165) is 7.14 Å². The van der Waals surface area contributed by atoms with Gasteiger partial charge in [0.2, 0.25) is 0 Å². The fourth-order valence-electron chi connectivity index (χ4n) is 2.00. The lowest BCUT2D eigenvalue weighted by atomic mass is 10.1. The standard InChI is InChI=1S/C15H11I4NO4/c1-20-12(15(22)23)6-2-10(18)14(11(19)3-6)24-7-4-8(16)13(21)9(17)5-7/h2-5,12,20-21H,1H3,(H,22,23). The number of phenolic OH excluding ortho intramolecular Hbond substituents is 1. The SMILES string of the molecule is CNC(C(=O)O)c1cc(I)c(Oc2cc(I)c(O)c(I)c2)c(I)c1. The summed E-state index contributed by atoms with van der Waals surface area (Å²) in [5, 5.41) is 21.9. The van der Waals surface area contributed by atoms with Crippen molar-refractivity contribution >= 4 is 96.3 Å². The van der Waals surface area contributed by atoms with Gasteiger partial charge in [-0.15, -0.1) is 0 Å². The van der Waals surface area contributed by atoms with Crippen LogP contribution in [-0.2, 0) is 4.79 Å². The Labute approximate surface area is 193 Å². The highest BCUT2D eigenvalue weighted by atomic mass is 127. The number of nitrogens with one attached hydrogen (secondary N) is 1. The van der Waals surface area contributed by atoms with Crippen molar-refractivity contribution in [1.82, 2.24) is 5.32 Å². The lowest BCUT2D eigenvalue weighted by molar-refractivity contribution is -0.139. The van der Waals surface area contributed by atoms with E-state index in [0.29, 0.717) is 24.2 Å². The highest BCUT2D eigenvalue weighted by Crippen LogP contribution is 2.37. The maximum absolute atomic E-state index is 11.3. The predicted molar refractivity (Wildman–Crippen MR) is 125 cm³/mol. The number of rotatable bonds is 5. The molecule has 1 atom stereocenters. The van der Waals surface area contributed by atoms with Crippen molar-refractivity contribution in [1.29, 1.82) is 0 Å². The maximum Gasteiger partial charge on any atom is 0.325 e. The first-order valence-corrected chi connectivity index (χ1v) is 10.8. The number of carboxylic acid groups (broad SMARTS) is 1. The van der Waals surface area contributed by atoms with Crippen LogP contribution in [0, 0.1) is 14.3 Å². The van der Waals surface area contributed by atoms with Crippen LogP contribution in [0.2, 0.25) is 0 Å². The van der Waals surface area contributed by atoms with Gasteiger partial charge in [0.25, 0.3) is 0 Å². The molecule has 0 amide bonds. The highest BCUT2D eigenvalue weighted by Gasteiger charge is 2.21. The number of halogens is 4. The molecule has 2 rings (SSSR count). The summed E-state index contributed by atoms with van der Waals surface area (Å²) in [6.45, 7) is 0. The Kier molecular flexibility index (Phi) is 7.64. The summed E-state index contributed by atoms with van der Waals surface area (Å²) in [4.78, 5) is 11.3. The number of carboxylic acids is 1. The van der Waals surface area contributed by atoms with Gasteiger partial charge >= 0.3 is 5.97 Å². The molecule has 2 aromatic rings. The smallest absolute Gasteiger partial charge is 0.325 e. The minimum absolute atomic E-state index is 0.238. The zero-order valence-corrected chi connectivity index (χ0v) is 20.7. The number of carbonyl (C=O) groups is 1. The minimum atomic E-state index is -0.930. The van der Waals surface area contributed by atoms with Crippen molar-refractivity contribution < 1.29 is 19.7 Å². The molecule has 0 saturated carbocycles. The van der Waals surface area contributed by atoms with E-state index in [4.69, 9.17) is 4.74 Å². The number of ether oxygens (including phenoxy) is 1. The van der Waals surface area contributed by atoms with Gasteiger partial charge in [0, 0.05) is 0 Å².